The summed E-state index contributed by atoms with van der Waals surface area (Å²) in [5, 5.41) is 0.793. The average Bonchev–Trinajstić information content (AvgIpc) is 2.08. The van der Waals surface area contributed by atoms with Crippen molar-refractivity contribution in [2.75, 3.05) is 0 Å². The minimum absolute atomic E-state index is 0.161. The topological polar surface area (TPSA) is 0 Å². The average molecular weight is 209 g/mol. The lowest BCUT2D eigenvalue weighted by molar-refractivity contribution is 0.445. The summed E-state index contributed by atoms with van der Waals surface area (Å²) in [7, 11) is 0. The molecule has 0 aliphatic rings. The van der Waals surface area contributed by atoms with Crippen molar-refractivity contribution in [2.24, 2.45) is 5.41 Å². The smallest absolute Gasteiger partial charge is 0.0406 e. The second kappa shape index (κ2) is 4.18. The van der Waals surface area contributed by atoms with Gasteiger partial charge in [0.1, 0.15) is 0 Å². The molecule has 0 atom stereocenters. The van der Waals surface area contributed by atoms with Crippen LogP contribution < -0.4 is 0 Å². The van der Waals surface area contributed by atoms with Gasteiger partial charge in [-0.05, 0) is 36.5 Å². The largest absolute Gasteiger partial charge is 0.0996 e. The number of rotatable bonds is 3. The summed E-state index contributed by atoms with van der Waals surface area (Å²) >= 11 is 5.83. The molecule has 0 N–H and O–H groups in total. The van der Waals surface area contributed by atoms with Gasteiger partial charge in [0.25, 0.3) is 0 Å². The molecule has 1 rings (SSSR count). The van der Waals surface area contributed by atoms with E-state index in [1.165, 1.54) is 11.1 Å². The molecule has 0 aliphatic carbocycles. The van der Waals surface area contributed by atoms with Gasteiger partial charge in [-0.15, -0.1) is 0 Å². The van der Waals surface area contributed by atoms with E-state index in [4.69, 9.17) is 11.6 Å². The van der Waals surface area contributed by atoms with Gasteiger partial charge in [0.2, 0.25) is 0 Å². The molecule has 0 fully saturated rings. The Morgan fingerprint density at radius 1 is 1.29 bits per heavy atom. The molecule has 0 bridgehead atoms. The molecule has 1 aromatic carbocycles. The van der Waals surface area contributed by atoms with E-state index < -0.39 is 0 Å². The van der Waals surface area contributed by atoms with Gasteiger partial charge in [-0.1, -0.05) is 49.7 Å². The van der Waals surface area contributed by atoms with Gasteiger partial charge in [-0.2, -0.15) is 0 Å². The lowest BCUT2D eigenvalue weighted by Gasteiger charge is -2.25. The molecule has 14 heavy (non-hydrogen) atoms. The van der Waals surface area contributed by atoms with Gasteiger partial charge in [0, 0.05) is 5.02 Å². The molecular formula is C13H17Cl. The molecule has 0 aliphatic heterocycles. The summed E-state index contributed by atoms with van der Waals surface area (Å²) in [6.07, 6.45) is 1.01. The first-order valence-corrected chi connectivity index (χ1v) is 5.20. The van der Waals surface area contributed by atoms with Gasteiger partial charge in [0.05, 0.1) is 0 Å². The molecule has 0 heterocycles. The lowest BCUT2D eigenvalue weighted by Crippen LogP contribution is -2.15. The maximum Gasteiger partial charge on any atom is 0.0406 e. The van der Waals surface area contributed by atoms with Crippen LogP contribution in [0.3, 0.4) is 0 Å². The van der Waals surface area contributed by atoms with Crippen molar-refractivity contribution in [3.8, 4) is 0 Å². The van der Waals surface area contributed by atoms with E-state index in [-0.39, 0.29) is 5.41 Å². The third kappa shape index (κ3) is 2.88. The monoisotopic (exact) mass is 208 g/mol. The molecule has 0 spiro atoms. The van der Waals surface area contributed by atoms with E-state index >= 15 is 0 Å². The summed E-state index contributed by atoms with van der Waals surface area (Å²) in [6, 6.07) is 8.02. The third-order valence-corrected chi connectivity index (χ3v) is 2.97. The quantitative estimate of drug-likeness (QED) is 0.643. The number of halogens is 1. The standard InChI is InChI=1S/C13H17Cl/c1-10(2)13(3,4)9-11-5-7-12(14)8-6-11/h5-8H,1,9H2,2-4H3. The lowest BCUT2D eigenvalue weighted by atomic mass is 9.80. The van der Waals surface area contributed by atoms with Crippen molar-refractivity contribution in [3.05, 3.63) is 47.0 Å². The van der Waals surface area contributed by atoms with Crippen LogP contribution in [0.15, 0.2) is 36.4 Å². The molecule has 0 unspecified atom stereocenters. The highest BCUT2D eigenvalue weighted by molar-refractivity contribution is 6.30. The molecule has 0 aromatic heterocycles. The van der Waals surface area contributed by atoms with Crippen LogP contribution in [-0.2, 0) is 6.42 Å². The zero-order chi connectivity index (χ0) is 10.8. The summed E-state index contributed by atoms with van der Waals surface area (Å²) in [4.78, 5) is 0. The number of hydrogen-bond donors (Lipinski definition) is 0. The highest BCUT2D eigenvalue weighted by atomic mass is 35.5. The van der Waals surface area contributed by atoms with E-state index in [1.807, 2.05) is 12.1 Å². The molecule has 0 nitrogen and oxygen atoms in total. The first-order valence-electron chi connectivity index (χ1n) is 4.82. The van der Waals surface area contributed by atoms with Gasteiger partial charge in [-0.3, -0.25) is 0 Å². The Kier molecular flexibility index (Phi) is 3.38. The Bertz CT molecular complexity index is 320. The van der Waals surface area contributed by atoms with E-state index in [2.05, 4.69) is 39.5 Å². The van der Waals surface area contributed by atoms with Crippen LogP contribution in [0, 0.1) is 5.41 Å². The number of allylic oxidation sites excluding steroid dienone is 1. The molecule has 0 amide bonds. The molecule has 1 aromatic rings. The van der Waals surface area contributed by atoms with Crippen LogP contribution in [0.1, 0.15) is 26.3 Å². The molecular weight excluding hydrogens is 192 g/mol. The zero-order valence-electron chi connectivity index (χ0n) is 9.10. The maximum absolute atomic E-state index is 5.83. The fraction of sp³-hybridized carbons (Fsp3) is 0.385. The normalized spacial score (nSPS) is 11.4. The maximum atomic E-state index is 5.83. The predicted molar refractivity (Wildman–Crippen MR) is 63.8 cm³/mol. The number of hydrogen-bond acceptors (Lipinski definition) is 0. The zero-order valence-corrected chi connectivity index (χ0v) is 9.86. The Labute approximate surface area is 91.6 Å². The van der Waals surface area contributed by atoms with E-state index in [1.54, 1.807) is 0 Å². The van der Waals surface area contributed by atoms with Crippen molar-refractivity contribution in [1.29, 1.82) is 0 Å². The van der Waals surface area contributed by atoms with Crippen LogP contribution in [-0.4, -0.2) is 0 Å². The number of benzene rings is 1. The summed E-state index contributed by atoms with van der Waals surface area (Å²) in [5.74, 6) is 0. The third-order valence-electron chi connectivity index (χ3n) is 2.71. The fourth-order valence-corrected chi connectivity index (χ4v) is 1.39. The molecule has 0 saturated heterocycles. The van der Waals surface area contributed by atoms with Gasteiger partial charge >= 0.3 is 0 Å². The van der Waals surface area contributed by atoms with Crippen molar-refractivity contribution in [2.45, 2.75) is 27.2 Å². The van der Waals surface area contributed by atoms with Crippen LogP contribution in [0.25, 0.3) is 0 Å². The first kappa shape index (κ1) is 11.3. The first-order chi connectivity index (χ1) is 6.42. The SMILES string of the molecule is C=C(C)C(C)(C)Cc1ccc(Cl)cc1. The highest BCUT2D eigenvalue weighted by Crippen LogP contribution is 2.29. The molecule has 76 valence electrons. The summed E-state index contributed by atoms with van der Waals surface area (Å²) in [6.45, 7) is 10.5. The highest BCUT2D eigenvalue weighted by Gasteiger charge is 2.18. The minimum Gasteiger partial charge on any atom is -0.0996 e. The van der Waals surface area contributed by atoms with Crippen LogP contribution in [0.4, 0.5) is 0 Å². The van der Waals surface area contributed by atoms with Crippen molar-refractivity contribution < 1.29 is 0 Å². The Balaban J connectivity index is 2.79. The minimum atomic E-state index is 0.161. The van der Waals surface area contributed by atoms with Gasteiger partial charge in [-0.25, -0.2) is 0 Å². The summed E-state index contributed by atoms with van der Waals surface area (Å²) in [5.41, 5.74) is 2.68. The van der Waals surface area contributed by atoms with Crippen molar-refractivity contribution in [1.82, 2.24) is 0 Å². The molecule has 0 saturated carbocycles. The Hall–Kier alpha value is -0.750. The predicted octanol–water partition coefficient (Wildman–Crippen LogP) is 4.48. The van der Waals surface area contributed by atoms with Crippen LogP contribution in [0.5, 0.6) is 0 Å². The van der Waals surface area contributed by atoms with Crippen LogP contribution in [0.2, 0.25) is 5.02 Å². The second-order valence-electron chi connectivity index (χ2n) is 4.47. The van der Waals surface area contributed by atoms with E-state index in [0.29, 0.717) is 0 Å². The molecule has 1 heteroatoms. The van der Waals surface area contributed by atoms with Crippen molar-refractivity contribution in [3.63, 3.8) is 0 Å². The Morgan fingerprint density at radius 3 is 2.21 bits per heavy atom. The Morgan fingerprint density at radius 2 is 1.79 bits per heavy atom. The van der Waals surface area contributed by atoms with E-state index in [9.17, 15) is 0 Å². The second-order valence-corrected chi connectivity index (χ2v) is 4.90. The van der Waals surface area contributed by atoms with Crippen molar-refractivity contribution >= 4 is 11.6 Å². The fourth-order valence-electron chi connectivity index (χ4n) is 1.26. The van der Waals surface area contributed by atoms with Gasteiger partial charge in [0.15, 0.2) is 0 Å². The van der Waals surface area contributed by atoms with E-state index in [0.717, 1.165) is 11.4 Å². The van der Waals surface area contributed by atoms with Crippen LogP contribution >= 0.6 is 11.6 Å². The summed E-state index contributed by atoms with van der Waals surface area (Å²) < 4.78 is 0. The van der Waals surface area contributed by atoms with Gasteiger partial charge < -0.3 is 0 Å². The molecule has 0 radical (unpaired) electrons.